The molecular weight excluding hydrogens is 202 g/mol. The van der Waals surface area contributed by atoms with E-state index in [0.717, 1.165) is 12.2 Å². The van der Waals surface area contributed by atoms with E-state index in [-0.39, 0.29) is 18.0 Å². The molecule has 13 heavy (non-hydrogen) atoms. The normalized spacial score (nSPS) is 15.2. The number of carboxylic acids is 1. The molecule has 0 unspecified atom stereocenters. The Balaban J connectivity index is 0.00000144. The molecule has 0 saturated heterocycles. The molecule has 0 fully saturated rings. The van der Waals surface area contributed by atoms with Crippen molar-refractivity contribution in [3.05, 3.63) is 35.5 Å². The number of alkyl halides is 2. The van der Waals surface area contributed by atoms with Crippen LogP contribution >= 0.6 is 12.4 Å². The quantitative estimate of drug-likeness (QED) is 0.755. The highest BCUT2D eigenvalue weighted by molar-refractivity contribution is 5.94. The fraction of sp³-hybridized carbons (Fsp3) is 0.125. The predicted octanol–water partition coefficient (Wildman–Crippen LogP) is 2.18. The van der Waals surface area contributed by atoms with Crippen LogP contribution in [0, 0.1) is 0 Å². The maximum absolute atomic E-state index is 12.1. The Morgan fingerprint density at radius 1 is 1.46 bits per heavy atom. The Hall–Kier alpha value is -1.16. The number of hydrogen-bond acceptors (Lipinski definition) is 1. The zero-order valence-corrected chi connectivity index (χ0v) is 7.28. The van der Waals surface area contributed by atoms with Crippen molar-refractivity contribution in [2.75, 3.05) is 0 Å². The first-order chi connectivity index (χ1) is 5.52. The Labute approximate surface area is 79.7 Å². The lowest BCUT2D eigenvalue weighted by Gasteiger charge is -2.00. The van der Waals surface area contributed by atoms with Crippen molar-refractivity contribution in [2.24, 2.45) is 0 Å². The maximum atomic E-state index is 12.1. The molecular formula is C8H7ClF2O2. The van der Waals surface area contributed by atoms with Crippen molar-refractivity contribution in [3.63, 3.8) is 0 Å². The summed E-state index contributed by atoms with van der Waals surface area (Å²) < 4.78 is 24.2. The van der Waals surface area contributed by atoms with E-state index in [2.05, 4.69) is 6.58 Å². The SMILES string of the molecule is C=C1C=C(C(=O)O)C(C(F)F)=C1.Cl. The molecule has 0 spiro atoms. The van der Waals surface area contributed by atoms with Crippen LogP contribution in [0.25, 0.3) is 0 Å². The van der Waals surface area contributed by atoms with Crippen LogP contribution in [0.5, 0.6) is 0 Å². The number of carboxylic acid groups (broad SMARTS) is 1. The topological polar surface area (TPSA) is 37.3 Å². The fourth-order valence-electron chi connectivity index (χ4n) is 0.954. The van der Waals surface area contributed by atoms with Gasteiger partial charge in [0.15, 0.2) is 0 Å². The molecule has 72 valence electrons. The molecule has 0 aromatic heterocycles. The summed E-state index contributed by atoms with van der Waals surface area (Å²) in [6.45, 7) is 3.37. The molecule has 2 nitrogen and oxygen atoms in total. The molecule has 1 aliphatic rings. The highest BCUT2D eigenvalue weighted by atomic mass is 35.5. The van der Waals surface area contributed by atoms with Crippen molar-refractivity contribution in [2.45, 2.75) is 6.43 Å². The van der Waals surface area contributed by atoms with Crippen LogP contribution in [0.15, 0.2) is 35.5 Å². The summed E-state index contributed by atoms with van der Waals surface area (Å²) in [6, 6.07) is 0. The number of halogens is 3. The number of hydrogen-bond donors (Lipinski definition) is 1. The molecule has 0 amide bonds. The first kappa shape index (κ1) is 11.8. The molecule has 5 heteroatoms. The minimum absolute atomic E-state index is 0. The molecule has 1 rings (SSSR count). The molecule has 1 N–H and O–H groups in total. The molecule has 0 aromatic rings. The van der Waals surface area contributed by atoms with Gasteiger partial charge in [0.25, 0.3) is 6.43 Å². The van der Waals surface area contributed by atoms with Gasteiger partial charge in [-0.05, 0) is 17.7 Å². The third-order valence-electron chi connectivity index (χ3n) is 1.45. The van der Waals surface area contributed by atoms with Crippen LogP contribution < -0.4 is 0 Å². The van der Waals surface area contributed by atoms with Gasteiger partial charge in [-0.1, -0.05) is 6.58 Å². The van der Waals surface area contributed by atoms with Gasteiger partial charge in [0.05, 0.1) is 5.57 Å². The molecule has 0 aliphatic heterocycles. The second-order valence-corrected chi connectivity index (χ2v) is 2.34. The molecule has 0 radical (unpaired) electrons. The first-order valence-electron chi connectivity index (χ1n) is 3.16. The lowest BCUT2D eigenvalue weighted by atomic mass is 10.1. The van der Waals surface area contributed by atoms with Crippen LogP contribution in [0.3, 0.4) is 0 Å². The van der Waals surface area contributed by atoms with Crippen LogP contribution in [0.1, 0.15) is 0 Å². The average molecular weight is 209 g/mol. The lowest BCUT2D eigenvalue weighted by Crippen LogP contribution is -2.06. The third-order valence-corrected chi connectivity index (χ3v) is 1.45. The Bertz CT molecular complexity index is 305. The summed E-state index contributed by atoms with van der Waals surface area (Å²) in [5.41, 5.74) is -0.537. The monoisotopic (exact) mass is 208 g/mol. The lowest BCUT2D eigenvalue weighted by molar-refractivity contribution is -0.132. The van der Waals surface area contributed by atoms with Gasteiger partial charge in [0.2, 0.25) is 0 Å². The van der Waals surface area contributed by atoms with Gasteiger partial charge in [-0.15, -0.1) is 12.4 Å². The van der Waals surface area contributed by atoms with Crippen LogP contribution in [-0.4, -0.2) is 17.5 Å². The van der Waals surface area contributed by atoms with Gasteiger partial charge < -0.3 is 5.11 Å². The van der Waals surface area contributed by atoms with Gasteiger partial charge in [0, 0.05) is 5.57 Å². The number of allylic oxidation sites excluding steroid dienone is 3. The van der Waals surface area contributed by atoms with Crippen molar-refractivity contribution in [1.82, 2.24) is 0 Å². The van der Waals surface area contributed by atoms with Crippen LogP contribution in [-0.2, 0) is 4.79 Å². The molecule has 0 bridgehead atoms. The van der Waals surface area contributed by atoms with Crippen LogP contribution in [0.4, 0.5) is 8.78 Å². The Morgan fingerprint density at radius 3 is 2.31 bits per heavy atom. The van der Waals surface area contributed by atoms with E-state index in [1.807, 2.05) is 0 Å². The van der Waals surface area contributed by atoms with E-state index in [1.165, 1.54) is 0 Å². The Kier molecular flexibility index (Phi) is 3.81. The smallest absolute Gasteiger partial charge is 0.336 e. The molecule has 0 heterocycles. The van der Waals surface area contributed by atoms with Crippen molar-refractivity contribution in [3.8, 4) is 0 Å². The van der Waals surface area contributed by atoms with Crippen molar-refractivity contribution >= 4 is 18.4 Å². The van der Waals surface area contributed by atoms with E-state index >= 15 is 0 Å². The highest BCUT2D eigenvalue weighted by Crippen LogP contribution is 2.27. The zero-order valence-electron chi connectivity index (χ0n) is 6.46. The van der Waals surface area contributed by atoms with Crippen molar-refractivity contribution in [1.29, 1.82) is 0 Å². The third kappa shape index (κ3) is 2.39. The number of carbonyl (C=O) groups is 1. The standard InChI is InChI=1S/C8H6F2O2.ClH/c1-4-2-5(7(9)10)6(3-4)8(11)12;/h2-3,7H,1H2,(H,11,12);1H. The van der Waals surface area contributed by atoms with Crippen LogP contribution in [0.2, 0.25) is 0 Å². The number of rotatable bonds is 2. The second-order valence-electron chi connectivity index (χ2n) is 2.34. The molecule has 0 atom stereocenters. The number of aliphatic carboxylic acids is 1. The summed E-state index contributed by atoms with van der Waals surface area (Å²) in [5, 5.41) is 8.47. The fourth-order valence-corrected chi connectivity index (χ4v) is 0.954. The van der Waals surface area contributed by atoms with E-state index in [4.69, 9.17) is 5.11 Å². The minimum Gasteiger partial charge on any atom is -0.478 e. The van der Waals surface area contributed by atoms with Gasteiger partial charge in [0.1, 0.15) is 0 Å². The molecule has 1 aliphatic carbocycles. The minimum atomic E-state index is -2.76. The summed E-state index contributed by atoms with van der Waals surface area (Å²) in [6.07, 6.45) is -0.551. The summed E-state index contributed by atoms with van der Waals surface area (Å²) in [5.74, 6) is -1.35. The van der Waals surface area contributed by atoms with E-state index in [1.54, 1.807) is 0 Å². The van der Waals surface area contributed by atoms with E-state index in [0.29, 0.717) is 5.57 Å². The Morgan fingerprint density at radius 2 is 2.00 bits per heavy atom. The first-order valence-corrected chi connectivity index (χ1v) is 3.16. The van der Waals surface area contributed by atoms with Gasteiger partial charge in [-0.25, -0.2) is 13.6 Å². The summed E-state index contributed by atoms with van der Waals surface area (Å²) in [7, 11) is 0. The van der Waals surface area contributed by atoms with Gasteiger partial charge in [-0.2, -0.15) is 0 Å². The second kappa shape index (κ2) is 4.18. The maximum Gasteiger partial charge on any atom is 0.336 e. The van der Waals surface area contributed by atoms with E-state index in [9.17, 15) is 13.6 Å². The summed E-state index contributed by atoms with van der Waals surface area (Å²) in [4.78, 5) is 10.4. The molecule has 0 aromatic carbocycles. The van der Waals surface area contributed by atoms with Crippen molar-refractivity contribution < 1.29 is 18.7 Å². The zero-order chi connectivity index (χ0) is 9.30. The molecule has 0 saturated carbocycles. The largest absolute Gasteiger partial charge is 0.478 e. The summed E-state index contributed by atoms with van der Waals surface area (Å²) >= 11 is 0. The van der Waals surface area contributed by atoms with E-state index < -0.39 is 18.0 Å². The highest BCUT2D eigenvalue weighted by Gasteiger charge is 2.25. The van der Waals surface area contributed by atoms with Gasteiger partial charge >= 0.3 is 5.97 Å². The predicted molar refractivity (Wildman–Crippen MR) is 46.2 cm³/mol. The average Bonchev–Trinajstić information content (AvgIpc) is 2.31. The van der Waals surface area contributed by atoms with Gasteiger partial charge in [-0.3, -0.25) is 0 Å².